The van der Waals surface area contributed by atoms with Gasteiger partial charge in [-0.1, -0.05) is 18.2 Å². The molecule has 1 aromatic carbocycles. The average molecular weight is 237 g/mol. The van der Waals surface area contributed by atoms with Gasteiger partial charge in [0.1, 0.15) is 5.75 Å². The van der Waals surface area contributed by atoms with Crippen molar-refractivity contribution in [1.29, 1.82) is 0 Å². The van der Waals surface area contributed by atoms with Crippen molar-refractivity contribution < 1.29 is 9.84 Å². The van der Waals surface area contributed by atoms with Crippen LogP contribution in [0.5, 0.6) is 5.75 Å². The smallest absolute Gasteiger partial charge is 0.122 e. The van der Waals surface area contributed by atoms with Gasteiger partial charge in [0.05, 0.1) is 12.7 Å². The third-order valence-electron chi connectivity index (χ3n) is 2.50. The minimum absolute atomic E-state index is 0.332. The standard InChI is InChI=1S/C14H23NO2/c1-12(16)11-13-7-4-5-8-14(13)17-10-6-9-15(2)3/h4-5,7-8,12,16H,6,9-11H2,1-3H3. The van der Waals surface area contributed by atoms with Crippen molar-refractivity contribution in [2.75, 3.05) is 27.2 Å². The van der Waals surface area contributed by atoms with Crippen LogP contribution in [0, 0.1) is 0 Å². The Hall–Kier alpha value is -1.06. The second-order valence-corrected chi connectivity index (χ2v) is 4.67. The molecule has 1 atom stereocenters. The molecule has 1 aromatic rings. The first-order chi connectivity index (χ1) is 8.09. The highest BCUT2D eigenvalue weighted by Crippen LogP contribution is 2.19. The topological polar surface area (TPSA) is 32.7 Å². The Morgan fingerprint density at radius 2 is 2.00 bits per heavy atom. The molecule has 1 unspecified atom stereocenters. The molecule has 0 radical (unpaired) electrons. The molecular weight excluding hydrogens is 214 g/mol. The lowest BCUT2D eigenvalue weighted by Crippen LogP contribution is -2.16. The first-order valence-corrected chi connectivity index (χ1v) is 6.13. The molecule has 3 heteroatoms. The number of ether oxygens (including phenoxy) is 1. The molecule has 0 aliphatic carbocycles. The molecular formula is C14H23NO2. The summed E-state index contributed by atoms with van der Waals surface area (Å²) in [5.41, 5.74) is 1.08. The van der Waals surface area contributed by atoms with Gasteiger partial charge in [0, 0.05) is 13.0 Å². The van der Waals surface area contributed by atoms with Crippen LogP contribution in [0.15, 0.2) is 24.3 Å². The van der Waals surface area contributed by atoms with Crippen LogP contribution in [0.2, 0.25) is 0 Å². The van der Waals surface area contributed by atoms with Crippen molar-refractivity contribution in [3.63, 3.8) is 0 Å². The molecule has 1 N–H and O–H groups in total. The maximum atomic E-state index is 9.41. The molecule has 0 aromatic heterocycles. The van der Waals surface area contributed by atoms with E-state index in [1.807, 2.05) is 24.3 Å². The summed E-state index contributed by atoms with van der Waals surface area (Å²) in [6.07, 6.45) is 1.32. The van der Waals surface area contributed by atoms with E-state index in [2.05, 4.69) is 19.0 Å². The Labute approximate surface area is 104 Å². The quantitative estimate of drug-likeness (QED) is 0.736. The summed E-state index contributed by atoms with van der Waals surface area (Å²) in [5, 5.41) is 9.41. The lowest BCUT2D eigenvalue weighted by atomic mass is 10.1. The van der Waals surface area contributed by atoms with Gasteiger partial charge < -0.3 is 14.7 Å². The van der Waals surface area contributed by atoms with Gasteiger partial charge in [-0.2, -0.15) is 0 Å². The molecule has 17 heavy (non-hydrogen) atoms. The molecule has 0 saturated carbocycles. The minimum atomic E-state index is -0.332. The van der Waals surface area contributed by atoms with Gasteiger partial charge in [-0.3, -0.25) is 0 Å². The Balaban J connectivity index is 2.46. The molecule has 1 rings (SSSR count). The van der Waals surface area contributed by atoms with Crippen LogP contribution in [-0.2, 0) is 6.42 Å². The number of rotatable bonds is 7. The minimum Gasteiger partial charge on any atom is -0.493 e. The summed E-state index contributed by atoms with van der Waals surface area (Å²) in [4.78, 5) is 2.14. The predicted octanol–water partition coefficient (Wildman–Crippen LogP) is 1.94. The number of para-hydroxylation sites is 1. The number of hydrogen-bond donors (Lipinski definition) is 1. The molecule has 0 saturated heterocycles. The summed E-state index contributed by atoms with van der Waals surface area (Å²) in [6, 6.07) is 7.92. The van der Waals surface area contributed by atoms with Gasteiger partial charge in [0.15, 0.2) is 0 Å². The SMILES string of the molecule is CC(O)Cc1ccccc1OCCCN(C)C. The van der Waals surface area contributed by atoms with Crippen LogP contribution < -0.4 is 4.74 Å². The molecule has 0 aliphatic rings. The van der Waals surface area contributed by atoms with Gasteiger partial charge in [-0.15, -0.1) is 0 Å². The highest BCUT2D eigenvalue weighted by Gasteiger charge is 2.05. The first kappa shape index (κ1) is 14.0. The van der Waals surface area contributed by atoms with Crippen LogP contribution in [0.25, 0.3) is 0 Å². The van der Waals surface area contributed by atoms with E-state index in [9.17, 15) is 5.11 Å². The van der Waals surface area contributed by atoms with E-state index in [1.54, 1.807) is 6.92 Å². The summed E-state index contributed by atoms with van der Waals surface area (Å²) in [7, 11) is 4.11. The van der Waals surface area contributed by atoms with Gasteiger partial charge in [0.2, 0.25) is 0 Å². The van der Waals surface area contributed by atoms with Crippen LogP contribution in [0.3, 0.4) is 0 Å². The van der Waals surface area contributed by atoms with Gasteiger partial charge in [0.25, 0.3) is 0 Å². The molecule has 0 fully saturated rings. The van der Waals surface area contributed by atoms with E-state index in [0.717, 1.165) is 30.9 Å². The largest absolute Gasteiger partial charge is 0.493 e. The second kappa shape index (κ2) is 7.30. The predicted molar refractivity (Wildman–Crippen MR) is 70.5 cm³/mol. The molecule has 0 spiro atoms. The van der Waals surface area contributed by atoms with Crippen molar-refractivity contribution in [3.05, 3.63) is 29.8 Å². The fourth-order valence-corrected chi connectivity index (χ4v) is 1.69. The van der Waals surface area contributed by atoms with Crippen LogP contribution in [0.1, 0.15) is 18.9 Å². The maximum Gasteiger partial charge on any atom is 0.122 e. The summed E-state index contributed by atoms with van der Waals surface area (Å²) in [5.74, 6) is 0.896. The maximum absolute atomic E-state index is 9.41. The van der Waals surface area contributed by atoms with Crippen molar-refractivity contribution in [3.8, 4) is 5.75 Å². The van der Waals surface area contributed by atoms with Gasteiger partial charge in [-0.25, -0.2) is 0 Å². The molecule has 0 bridgehead atoms. The van der Waals surface area contributed by atoms with E-state index < -0.39 is 0 Å². The number of aliphatic hydroxyl groups is 1. The van der Waals surface area contributed by atoms with Crippen molar-refractivity contribution >= 4 is 0 Å². The van der Waals surface area contributed by atoms with E-state index in [4.69, 9.17) is 4.74 Å². The lowest BCUT2D eigenvalue weighted by Gasteiger charge is -2.14. The fourth-order valence-electron chi connectivity index (χ4n) is 1.69. The Morgan fingerprint density at radius 1 is 1.29 bits per heavy atom. The normalized spacial score (nSPS) is 12.8. The number of hydrogen-bond acceptors (Lipinski definition) is 3. The second-order valence-electron chi connectivity index (χ2n) is 4.67. The lowest BCUT2D eigenvalue weighted by molar-refractivity contribution is 0.193. The Bertz CT molecular complexity index is 324. The van der Waals surface area contributed by atoms with Crippen molar-refractivity contribution in [2.24, 2.45) is 0 Å². The number of nitrogens with zero attached hydrogens (tertiary/aromatic N) is 1. The fraction of sp³-hybridized carbons (Fsp3) is 0.571. The van der Waals surface area contributed by atoms with Crippen LogP contribution in [0.4, 0.5) is 0 Å². The van der Waals surface area contributed by atoms with E-state index in [-0.39, 0.29) is 6.10 Å². The monoisotopic (exact) mass is 237 g/mol. The highest BCUT2D eigenvalue weighted by atomic mass is 16.5. The number of aliphatic hydroxyl groups excluding tert-OH is 1. The van der Waals surface area contributed by atoms with Gasteiger partial charge >= 0.3 is 0 Å². The summed E-state index contributed by atoms with van der Waals surface area (Å²) < 4.78 is 5.75. The van der Waals surface area contributed by atoms with Crippen LogP contribution >= 0.6 is 0 Å². The van der Waals surface area contributed by atoms with E-state index >= 15 is 0 Å². The first-order valence-electron chi connectivity index (χ1n) is 6.13. The zero-order chi connectivity index (χ0) is 12.7. The third-order valence-corrected chi connectivity index (χ3v) is 2.50. The van der Waals surface area contributed by atoms with Crippen molar-refractivity contribution in [1.82, 2.24) is 4.90 Å². The molecule has 0 amide bonds. The molecule has 3 nitrogen and oxygen atoms in total. The average Bonchev–Trinajstić information content (AvgIpc) is 2.25. The van der Waals surface area contributed by atoms with Crippen LogP contribution in [-0.4, -0.2) is 43.4 Å². The summed E-state index contributed by atoms with van der Waals surface area (Å²) in [6.45, 7) is 3.54. The molecule has 0 heterocycles. The third kappa shape index (κ3) is 5.71. The van der Waals surface area contributed by atoms with E-state index in [1.165, 1.54) is 0 Å². The molecule has 96 valence electrons. The highest BCUT2D eigenvalue weighted by molar-refractivity contribution is 5.33. The summed E-state index contributed by atoms with van der Waals surface area (Å²) >= 11 is 0. The molecule has 0 aliphatic heterocycles. The Kier molecular flexibility index (Phi) is 6.01. The zero-order valence-electron chi connectivity index (χ0n) is 11.0. The zero-order valence-corrected chi connectivity index (χ0v) is 11.0. The van der Waals surface area contributed by atoms with Crippen molar-refractivity contribution in [2.45, 2.75) is 25.9 Å². The van der Waals surface area contributed by atoms with Gasteiger partial charge in [-0.05, 0) is 39.1 Å². The number of benzene rings is 1. The van der Waals surface area contributed by atoms with E-state index in [0.29, 0.717) is 6.42 Å². The Morgan fingerprint density at radius 3 is 2.65 bits per heavy atom.